The maximum Gasteiger partial charge on any atom is 0.228 e. The zero-order valence-corrected chi connectivity index (χ0v) is 11.1. The first kappa shape index (κ1) is 12.5. The van der Waals surface area contributed by atoms with Crippen molar-refractivity contribution in [2.45, 2.75) is 18.3 Å². The van der Waals surface area contributed by atoms with Gasteiger partial charge in [-0.2, -0.15) is 0 Å². The van der Waals surface area contributed by atoms with Crippen LogP contribution in [0.25, 0.3) is 0 Å². The smallest absolute Gasteiger partial charge is 0.228 e. The van der Waals surface area contributed by atoms with Crippen molar-refractivity contribution in [2.24, 2.45) is 5.73 Å². The Hall–Kier alpha value is -2.53. The Morgan fingerprint density at radius 1 is 0.900 bits per heavy atom. The molecule has 3 rings (SSSR count). The molecule has 0 unspecified atom stereocenters. The summed E-state index contributed by atoms with van der Waals surface area (Å²) in [4.78, 5) is 11.5. The van der Waals surface area contributed by atoms with Gasteiger partial charge in [0, 0.05) is 11.1 Å². The maximum atomic E-state index is 11.5. The molecule has 1 aliphatic carbocycles. The minimum absolute atomic E-state index is 0.222. The van der Waals surface area contributed by atoms with E-state index < -0.39 is 5.41 Å². The Morgan fingerprint density at radius 3 is 1.95 bits per heavy atom. The van der Waals surface area contributed by atoms with Crippen molar-refractivity contribution in [3.63, 3.8) is 0 Å². The monoisotopic (exact) mass is 261 g/mol. The Labute approximate surface area is 118 Å². The molecule has 0 spiro atoms. The predicted molar refractivity (Wildman–Crippen MR) is 79.0 cm³/mol. The fraction of sp³-hybridized carbons (Fsp3) is 0.167. The van der Waals surface area contributed by atoms with E-state index in [1.165, 1.54) is 0 Å². The number of carbonyl (C=O) groups excluding carboxylic acids is 1. The lowest BCUT2D eigenvalue weighted by atomic mass is 9.94. The Morgan fingerprint density at radius 2 is 1.45 bits per heavy atom. The molecular formula is C18H15NO. The van der Waals surface area contributed by atoms with Gasteiger partial charge in [0.05, 0.1) is 5.41 Å². The lowest BCUT2D eigenvalue weighted by Gasteiger charge is -2.10. The normalized spacial score (nSPS) is 15.0. The minimum atomic E-state index is -0.411. The second-order valence-corrected chi connectivity index (χ2v) is 5.14. The second-order valence-electron chi connectivity index (χ2n) is 5.14. The summed E-state index contributed by atoms with van der Waals surface area (Å²) in [6, 6.07) is 17.7. The van der Waals surface area contributed by atoms with Crippen LogP contribution in [0, 0.1) is 11.8 Å². The fourth-order valence-corrected chi connectivity index (χ4v) is 2.34. The van der Waals surface area contributed by atoms with E-state index in [9.17, 15) is 4.79 Å². The summed E-state index contributed by atoms with van der Waals surface area (Å²) in [5.74, 6) is 6.02. The largest absolute Gasteiger partial charge is 0.369 e. The Bertz CT molecular complexity index is 686. The highest BCUT2D eigenvalue weighted by molar-refractivity contribution is 5.89. The third kappa shape index (κ3) is 2.31. The van der Waals surface area contributed by atoms with E-state index in [-0.39, 0.29) is 5.91 Å². The van der Waals surface area contributed by atoms with Crippen LogP contribution in [0.3, 0.4) is 0 Å². The molecule has 1 saturated carbocycles. The third-order valence-corrected chi connectivity index (χ3v) is 3.78. The molecule has 1 aliphatic rings. The van der Waals surface area contributed by atoms with Crippen LogP contribution in [-0.2, 0) is 10.2 Å². The standard InChI is InChI=1S/C18H15NO/c19-17(20)18(12-13-18)16-10-8-15(9-11-16)7-6-14-4-2-1-3-5-14/h1-5,8-11H,12-13H2,(H2,19,20). The molecule has 1 amide bonds. The average molecular weight is 261 g/mol. The van der Waals surface area contributed by atoms with Gasteiger partial charge >= 0.3 is 0 Å². The summed E-state index contributed by atoms with van der Waals surface area (Å²) in [5.41, 5.74) is 8.00. The van der Waals surface area contributed by atoms with Crippen LogP contribution in [0.1, 0.15) is 29.5 Å². The zero-order chi connectivity index (χ0) is 14.0. The van der Waals surface area contributed by atoms with Crippen LogP contribution >= 0.6 is 0 Å². The molecule has 1 fully saturated rings. The summed E-state index contributed by atoms with van der Waals surface area (Å²) < 4.78 is 0. The van der Waals surface area contributed by atoms with E-state index in [1.54, 1.807) is 0 Å². The van der Waals surface area contributed by atoms with Crippen LogP contribution in [0.15, 0.2) is 54.6 Å². The van der Waals surface area contributed by atoms with E-state index in [1.807, 2.05) is 54.6 Å². The van der Waals surface area contributed by atoms with Gasteiger partial charge in [-0.1, -0.05) is 42.2 Å². The third-order valence-electron chi connectivity index (χ3n) is 3.78. The van der Waals surface area contributed by atoms with Gasteiger partial charge in [0.2, 0.25) is 5.91 Å². The van der Waals surface area contributed by atoms with E-state index in [0.717, 1.165) is 29.5 Å². The quantitative estimate of drug-likeness (QED) is 0.830. The number of amides is 1. The summed E-state index contributed by atoms with van der Waals surface area (Å²) in [7, 11) is 0. The number of rotatable bonds is 2. The van der Waals surface area contributed by atoms with Crippen LogP contribution in [0.5, 0.6) is 0 Å². The number of primary amides is 1. The highest BCUT2D eigenvalue weighted by Gasteiger charge is 2.49. The summed E-state index contributed by atoms with van der Waals surface area (Å²) in [6.07, 6.45) is 1.72. The van der Waals surface area contributed by atoms with Gasteiger partial charge in [-0.3, -0.25) is 4.79 Å². The molecule has 2 heteroatoms. The lowest BCUT2D eigenvalue weighted by molar-refractivity contribution is -0.120. The molecule has 0 saturated heterocycles. The van der Waals surface area contributed by atoms with Crippen molar-refractivity contribution in [2.75, 3.05) is 0 Å². The molecule has 2 aromatic rings. The maximum absolute atomic E-state index is 11.5. The summed E-state index contributed by atoms with van der Waals surface area (Å²) in [5, 5.41) is 0. The number of hydrogen-bond acceptors (Lipinski definition) is 1. The highest BCUT2D eigenvalue weighted by atomic mass is 16.1. The van der Waals surface area contributed by atoms with Gasteiger partial charge < -0.3 is 5.73 Å². The molecule has 0 aliphatic heterocycles. The molecule has 20 heavy (non-hydrogen) atoms. The molecule has 2 aromatic carbocycles. The van der Waals surface area contributed by atoms with Crippen LogP contribution < -0.4 is 5.73 Å². The average Bonchev–Trinajstić information content (AvgIpc) is 3.28. The van der Waals surface area contributed by atoms with Crippen molar-refractivity contribution in [1.82, 2.24) is 0 Å². The van der Waals surface area contributed by atoms with Gasteiger partial charge in [-0.05, 0) is 42.7 Å². The molecule has 0 radical (unpaired) electrons. The molecule has 0 heterocycles. The van der Waals surface area contributed by atoms with Gasteiger partial charge in [0.15, 0.2) is 0 Å². The molecule has 0 bridgehead atoms. The molecule has 2 N–H and O–H groups in total. The van der Waals surface area contributed by atoms with E-state index in [2.05, 4.69) is 11.8 Å². The molecule has 0 atom stereocenters. The predicted octanol–water partition coefficient (Wildman–Crippen LogP) is 2.60. The summed E-state index contributed by atoms with van der Waals surface area (Å²) >= 11 is 0. The number of benzene rings is 2. The molecule has 0 aromatic heterocycles. The topological polar surface area (TPSA) is 43.1 Å². The van der Waals surface area contributed by atoms with Crippen molar-refractivity contribution in [3.8, 4) is 11.8 Å². The van der Waals surface area contributed by atoms with Crippen molar-refractivity contribution in [3.05, 3.63) is 71.3 Å². The number of carbonyl (C=O) groups is 1. The lowest BCUT2D eigenvalue weighted by Crippen LogP contribution is -2.28. The van der Waals surface area contributed by atoms with Gasteiger partial charge in [-0.25, -0.2) is 0 Å². The van der Waals surface area contributed by atoms with E-state index in [0.29, 0.717) is 0 Å². The van der Waals surface area contributed by atoms with Crippen molar-refractivity contribution >= 4 is 5.91 Å². The summed E-state index contributed by atoms with van der Waals surface area (Å²) in [6.45, 7) is 0. The number of hydrogen-bond donors (Lipinski definition) is 1. The van der Waals surface area contributed by atoms with Crippen molar-refractivity contribution < 1.29 is 4.79 Å². The SMILES string of the molecule is NC(=O)C1(c2ccc(C#Cc3ccccc3)cc2)CC1. The van der Waals surface area contributed by atoms with Crippen LogP contribution in [0.2, 0.25) is 0 Å². The second kappa shape index (κ2) is 4.86. The Balaban J connectivity index is 1.81. The number of nitrogens with two attached hydrogens (primary N) is 1. The first-order valence-corrected chi connectivity index (χ1v) is 6.68. The van der Waals surface area contributed by atoms with Gasteiger partial charge in [-0.15, -0.1) is 0 Å². The minimum Gasteiger partial charge on any atom is -0.369 e. The van der Waals surface area contributed by atoms with Crippen LogP contribution in [0.4, 0.5) is 0 Å². The highest BCUT2D eigenvalue weighted by Crippen LogP contribution is 2.47. The van der Waals surface area contributed by atoms with Gasteiger partial charge in [0.25, 0.3) is 0 Å². The van der Waals surface area contributed by atoms with Crippen molar-refractivity contribution in [1.29, 1.82) is 0 Å². The molecule has 98 valence electrons. The Kier molecular flexibility index (Phi) is 3.04. The first-order valence-electron chi connectivity index (χ1n) is 6.68. The first-order chi connectivity index (χ1) is 9.71. The fourth-order valence-electron chi connectivity index (χ4n) is 2.34. The molecule has 2 nitrogen and oxygen atoms in total. The zero-order valence-electron chi connectivity index (χ0n) is 11.1. The van der Waals surface area contributed by atoms with Gasteiger partial charge in [0.1, 0.15) is 0 Å². The van der Waals surface area contributed by atoms with Crippen LogP contribution in [-0.4, -0.2) is 5.91 Å². The molecular weight excluding hydrogens is 246 g/mol. The van der Waals surface area contributed by atoms with E-state index in [4.69, 9.17) is 5.73 Å². The van der Waals surface area contributed by atoms with E-state index >= 15 is 0 Å².